The van der Waals surface area contributed by atoms with Gasteiger partial charge in [0.15, 0.2) is 0 Å². The van der Waals surface area contributed by atoms with Crippen molar-refractivity contribution < 1.29 is 14.5 Å². The van der Waals surface area contributed by atoms with E-state index in [0.717, 1.165) is 17.5 Å². The van der Waals surface area contributed by atoms with Gasteiger partial charge in [0, 0.05) is 44.8 Å². The molecular weight excluding hydrogens is 422 g/mol. The molecule has 3 aromatic rings. The summed E-state index contributed by atoms with van der Waals surface area (Å²) in [5, 5.41) is 14.4. The van der Waals surface area contributed by atoms with Gasteiger partial charge in [-0.1, -0.05) is 24.3 Å². The molecule has 0 aliphatic carbocycles. The standard InChI is InChI=1S/C24H29N5O4/c1-2-33-17-7-14-28-20-9-4-3-8-19(20)25-24(28)26-23(30)18-12-15-27(16-13-18)21-10-5-6-11-22(21)29(31)32/h3-6,8-11,18H,2,7,12-17H2,1H3,(H,25,26,30). The minimum Gasteiger partial charge on any atom is -0.382 e. The van der Waals surface area contributed by atoms with Crippen LogP contribution in [-0.4, -0.2) is 46.7 Å². The van der Waals surface area contributed by atoms with Gasteiger partial charge >= 0.3 is 0 Å². The first-order valence-electron chi connectivity index (χ1n) is 11.4. The second kappa shape index (κ2) is 10.4. The van der Waals surface area contributed by atoms with Gasteiger partial charge in [-0.2, -0.15) is 0 Å². The highest BCUT2D eigenvalue weighted by Crippen LogP contribution is 2.31. The van der Waals surface area contributed by atoms with Gasteiger partial charge in [-0.25, -0.2) is 4.98 Å². The number of benzene rings is 2. The number of para-hydroxylation sites is 4. The molecule has 1 aliphatic rings. The lowest BCUT2D eigenvalue weighted by Gasteiger charge is -2.32. The van der Waals surface area contributed by atoms with Crippen LogP contribution in [0.4, 0.5) is 17.3 Å². The third-order valence-corrected chi connectivity index (χ3v) is 6.05. The van der Waals surface area contributed by atoms with E-state index in [-0.39, 0.29) is 22.4 Å². The smallest absolute Gasteiger partial charge is 0.292 e. The summed E-state index contributed by atoms with van der Waals surface area (Å²) in [5.74, 6) is 0.332. The molecule has 0 bridgehead atoms. The first-order chi connectivity index (χ1) is 16.1. The molecule has 1 aromatic heterocycles. The van der Waals surface area contributed by atoms with Crippen molar-refractivity contribution in [1.29, 1.82) is 0 Å². The Kier molecular flexibility index (Phi) is 7.19. The lowest BCUT2D eigenvalue weighted by atomic mass is 9.95. The number of aromatic nitrogens is 2. The van der Waals surface area contributed by atoms with E-state index in [4.69, 9.17) is 4.74 Å². The second-order valence-electron chi connectivity index (χ2n) is 8.12. The van der Waals surface area contributed by atoms with Gasteiger partial charge in [0.05, 0.1) is 16.0 Å². The number of carbonyl (C=O) groups is 1. The minimum absolute atomic E-state index is 0.0569. The number of aryl methyl sites for hydroxylation is 1. The van der Waals surface area contributed by atoms with Crippen molar-refractivity contribution >= 4 is 34.3 Å². The van der Waals surface area contributed by atoms with Crippen LogP contribution in [0.3, 0.4) is 0 Å². The average Bonchev–Trinajstić information content (AvgIpc) is 3.18. The molecule has 1 fully saturated rings. The fourth-order valence-electron chi connectivity index (χ4n) is 4.35. The van der Waals surface area contributed by atoms with Crippen LogP contribution in [0.2, 0.25) is 0 Å². The summed E-state index contributed by atoms with van der Waals surface area (Å²) in [5.41, 5.74) is 2.53. The van der Waals surface area contributed by atoms with E-state index in [1.54, 1.807) is 18.2 Å². The highest BCUT2D eigenvalue weighted by atomic mass is 16.6. The molecule has 1 amide bonds. The van der Waals surface area contributed by atoms with E-state index >= 15 is 0 Å². The van der Waals surface area contributed by atoms with Crippen LogP contribution in [0.15, 0.2) is 48.5 Å². The Balaban J connectivity index is 1.43. The Bertz CT molecular complexity index is 1120. The van der Waals surface area contributed by atoms with E-state index in [1.807, 2.05) is 40.7 Å². The number of fused-ring (bicyclic) bond motifs is 1. The van der Waals surface area contributed by atoms with E-state index in [0.29, 0.717) is 57.3 Å². The maximum atomic E-state index is 13.1. The van der Waals surface area contributed by atoms with Crippen molar-refractivity contribution in [2.24, 2.45) is 5.92 Å². The number of hydrogen-bond acceptors (Lipinski definition) is 6. The molecule has 2 aromatic carbocycles. The summed E-state index contributed by atoms with van der Waals surface area (Å²) >= 11 is 0. The van der Waals surface area contributed by atoms with Gasteiger partial charge < -0.3 is 14.2 Å². The zero-order chi connectivity index (χ0) is 23.2. The number of rotatable bonds is 9. The number of nitrogens with one attached hydrogen (secondary N) is 1. The Morgan fingerprint density at radius 2 is 1.91 bits per heavy atom. The van der Waals surface area contributed by atoms with Crippen molar-refractivity contribution in [2.75, 3.05) is 36.5 Å². The fourth-order valence-corrected chi connectivity index (χ4v) is 4.35. The number of piperidine rings is 1. The molecule has 9 heteroatoms. The molecule has 2 heterocycles. The first kappa shape index (κ1) is 22.7. The maximum Gasteiger partial charge on any atom is 0.292 e. The summed E-state index contributed by atoms with van der Waals surface area (Å²) in [7, 11) is 0. The molecule has 33 heavy (non-hydrogen) atoms. The normalized spacial score (nSPS) is 14.5. The van der Waals surface area contributed by atoms with Crippen molar-refractivity contribution in [1.82, 2.24) is 9.55 Å². The van der Waals surface area contributed by atoms with Crippen LogP contribution in [0.1, 0.15) is 26.2 Å². The van der Waals surface area contributed by atoms with Crippen LogP contribution < -0.4 is 10.2 Å². The van der Waals surface area contributed by atoms with Crippen LogP contribution in [0.5, 0.6) is 0 Å². The summed E-state index contributed by atoms with van der Waals surface area (Å²) < 4.78 is 7.50. The zero-order valence-electron chi connectivity index (χ0n) is 18.8. The van der Waals surface area contributed by atoms with Crippen molar-refractivity contribution in [3.05, 3.63) is 58.6 Å². The molecule has 1 aliphatic heterocycles. The average molecular weight is 452 g/mol. The van der Waals surface area contributed by atoms with Crippen LogP contribution >= 0.6 is 0 Å². The van der Waals surface area contributed by atoms with E-state index in [1.165, 1.54) is 6.07 Å². The molecule has 174 valence electrons. The number of nitro groups is 1. The molecule has 1 saturated heterocycles. The van der Waals surface area contributed by atoms with Crippen LogP contribution in [-0.2, 0) is 16.1 Å². The summed E-state index contributed by atoms with van der Waals surface area (Å²) in [6.45, 7) is 5.19. The van der Waals surface area contributed by atoms with Crippen LogP contribution in [0.25, 0.3) is 11.0 Å². The Hall–Kier alpha value is -3.46. The van der Waals surface area contributed by atoms with Gasteiger partial charge in [-0.15, -0.1) is 0 Å². The third kappa shape index (κ3) is 5.14. The number of anilines is 2. The van der Waals surface area contributed by atoms with E-state index in [2.05, 4.69) is 10.3 Å². The molecule has 0 atom stereocenters. The summed E-state index contributed by atoms with van der Waals surface area (Å²) in [4.78, 5) is 30.7. The summed E-state index contributed by atoms with van der Waals surface area (Å²) in [6.07, 6.45) is 2.08. The Labute approximate surface area is 192 Å². The van der Waals surface area contributed by atoms with Crippen molar-refractivity contribution in [3.63, 3.8) is 0 Å². The molecule has 0 spiro atoms. The SMILES string of the molecule is CCOCCCn1c(NC(=O)C2CCN(c3ccccc3[N+](=O)[O-])CC2)nc2ccccc21. The molecule has 1 N–H and O–H groups in total. The van der Waals surface area contributed by atoms with Gasteiger partial charge in [-0.3, -0.25) is 20.2 Å². The third-order valence-electron chi connectivity index (χ3n) is 6.05. The van der Waals surface area contributed by atoms with Crippen molar-refractivity contribution in [3.8, 4) is 0 Å². The van der Waals surface area contributed by atoms with Crippen LogP contribution in [0, 0.1) is 16.0 Å². The van der Waals surface area contributed by atoms with Gasteiger partial charge in [0.2, 0.25) is 11.9 Å². The lowest BCUT2D eigenvalue weighted by Crippen LogP contribution is -2.38. The quantitative estimate of drug-likeness (QED) is 0.297. The molecule has 4 rings (SSSR count). The number of amides is 1. The minimum atomic E-state index is -0.357. The van der Waals surface area contributed by atoms with E-state index < -0.39 is 0 Å². The molecule has 9 nitrogen and oxygen atoms in total. The lowest BCUT2D eigenvalue weighted by molar-refractivity contribution is -0.384. The van der Waals surface area contributed by atoms with E-state index in [9.17, 15) is 14.9 Å². The molecule has 0 radical (unpaired) electrons. The highest BCUT2D eigenvalue weighted by molar-refractivity contribution is 5.93. The number of nitro benzene ring substituents is 1. The number of nitrogens with zero attached hydrogens (tertiary/aromatic N) is 4. The molecule has 0 saturated carbocycles. The monoisotopic (exact) mass is 451 g/mol. The second-order valence-corrected chi connectivity index (χ2v) is 8.12. The first-order valence-corrected chi connectivity index (χ1v) is 11.4. The maximum absolute atomic E-state index is 13.1. The topological polar surface area (TPSA) is 103 Å². The number of carbonyl (C=O) groups excluding carboxylic acids is 1. The largest absolute Gasteiger partial charge is 0.382 e. The Morgan fingerprint density at radius 1 is 1.18 bits per heavy atom. The van der Waals surface area contributed by atoms with Gasteiger partial charge in [0.25, 0.3) is 5.69 Å². The number of imidazole rings is 1. The Morgan fingerprint density at radius 3 is 2.67 bits per heavy atom. The predicted octanol–water partition coefficient (Wildman–Crippen LogP) is 4.23. The highest BCUT2D eigenvalue weighted by Gasteiger charge is 2.29. The molecule has 0 unspecified atom stereocenters. The number of hydrogen-bond donors (Lipinski definition) is 1. The van der Waals surface area contributed by atoms with Gasteiger partial charge in [-0.05, 0) is 44.4 Å². The fraction of sp³-hybridized carbons (Fsp3) is 0.417. The molecular formula is C24H29N5O4. The summed E-state index contributed by atoms with van der Waals surface area (Å²) in [6, 6.07) is 14.6. The number of ether oxygens (including phenoxy) is 1. The van der Waals surface area contributed by atoms with Gasteiger partial charge in [0.1, 0.15) is 5.69 Å². The predicted molar refractivity (Wildman–Crippen MR) is 128 cm³/mol. The zero-order valence-corrected chi connectivity index (χ0v) is 18.8. The van der Waals surface area contributed by atoms with Crippen molar-refractivity contribution in [2.45, 2.75) is 32.7 Å².